The number of amides is 1. The maximum Gasteiger partial charge on any atom is 0.418 e. The molecule has 0 radical (unpaired) electrons. The number of hydrogen-bond acceptors (Lipinski definition) is 3. The summed E-state index contributed by atoms with van der Waals surface area (Å²) in [7, 11) is 0. The molecule has 1 amide bonds. The molecule has 0 aromatic heterocycles. The van der Waals surface area contributed by atoms with Gasteiger partial charge >= 0.3 is 6.18 Å². The second-order valence-electron chi connectivity index (χ2n) is 5.36. The molecule has 1 heterocycles. The first kappa shape index (κ1) is 17.9. The normalized spacial score (nSPS) is 16.5. The summed E-state index contributed by atoms with van der Waals surface area (Å²) in [6.45, 7) is 5.59. The molecule has 4 nitrogen and oxygen atoms in total. The highest BCUT2D eigenvalue weighted by atomic mass is 35.5. The van der Waals surface area contributed by atoms with E-state index in [1.807, 2.05) is 0 Å². The van der Waals surface area contributed by atoms with E-state index in [0.717, 1.165) is 25.7 Å². The second kappa shape index (κ2) is 7.40. The minimum Gasteiger partial charge on any atom is -0.376 e. The molecule has 0 unspecified atom stereocenters. The van der Waals surface area contributed by atoms with Crippen molar-refractivity contribution in [1.29, 1.82) is 0 Å². The first-order valence-corrected chi connectivity index (χ1v) is 7.80. The molecule has 1 aliphatic heterocycles. The van der Waals surface area contributed by atoms with Crippen LogP contribution in [0.5, 0.6) is 0 Å². The van der Waals surface area contributed by atoms with Crippen LogP contribution < -0.4 is 5.32 Å². The zero-order valence-corrected chi connectivity index (χ0v) is 13.5. The third-order valence-electron chi connectivity index (χ3n) is 3.89. The van der Waals surface area contributed by atoms with E-state index in [1.165, 1.54) is 12.1 Å². The lowest BCUT2D eigenvalue weighted by atomic mass is 10.1. The average molecular weight is 350 g/mol. The first-order chi connectivity index (χ1) is 10.8. The van der Waals surface area contributed by atoms with Gasteiger partial charge in [-0.3, -0.25) is 4.79 Å². The quantitative estimate of drug-likeness (QED) is 0.908. The highest BCUT2D eigenvalue weighted by Gasteiger charge is 2.34. The lowest BCUT2D eigenvalue weighted by Gasteiger charge is -2.34. The second-order valence-corrected chi connectivity index (χ2v) is 5.79. The molecule has 0 atom stereocenters. The minimum atomic E-state index is -4.52. The number of nitrogens with zero attached hydrogens (tertiary/aromatic N) is 2. The molecule has 1 fully saturated rings. The molecule has 0 aliphatic carbocycles. The van der Waals surface area contributed by atoms with E-state index < -0.39 is 11.7 Å². The van der Waals surface area contributed by atoms with Gasteiger partial charge < -0.3 is 15.1 Å². The molecule has 128 valence electrons. The summed E-state index contributed by atoms with van der Waals surface area (Å²) in [5.41, 5.74) is -1.00. The van der Waals surface area contributed by atoms with Crippen molar-refractivity contribution in [3.63, 3.8) is 0 Å². The van der Waals surface area contributed by atoms with Crippen LogP contribution in [0.25, 0.3) is 0 Å². The fraction of sp³-hybridized carbons (Fsp3) is 0.533. The van der Waals surface area contributed by atoms with Crippen LogP contribution in [0.3, 0.4) is 0 Å². The molecule has 1 aromatic rings. The largest absolute Gasteiger partial charge is 0.418 e. The van der Waals surface area contributed by atoms with Gasteiger partial charge in [0.2, 0.25) is 5.91 Å². The summed E-state index contributed by atoms with van der Waals surface area (Å²) in [6, 6.07) is 3.46. The minimum absolute atomic E-state index is 0.00453. The van der Waals surface area contributed by atoms with Gasteiger partial charge in [-0.2, -0.15) is 13.2 Å². The number of rotatable bonds is 4. The van der Waals surface area contributed by atoms with Crippen LogP contribution >= 0.6 is 11.6 Å². The van der Waals surface area contributed by atoms with Crippen molar-refractivity contribution in [2.75, 3.05) is 44.6 Å². The van der Waals surface area contributed by atoms with Crippen molar-refractivity contribution in [2.24, 2.45) is 0 Å². The van der Waals surface area contributed by atoms with Gasteiger partial charge in [0.15, 0.2) is 0 Å². The fourth-order valence-corrected chi connectivity index (χ4v) is 2.67. The predicted octanol–water partition coefficient (Wildman–Crippen LogP) is 2.93. The lowest BCUT2D eigenvalue weighted by molar-refractivity contribution is -0.137. The zero-order chi connectivity index (χ0) is 17.0. The van der Waals surface area contributed by atoms with Gasteiger partial charge in [0.1, 0.15) is 0 Å². The summed E-state index contributed by atoms with van der Waals surface area (Å²) in [6.07, 6.45) is -4.52. The van der Waals surface area contributed by atoms with Crippen molar-refractivity contribution in [2.45, 2.75) is 13.1 Å². The van der Waals surface area contributed by atoms with Gasteiger partial charge in [-0.15, -0.1) is 0 Å². The van der Waals surface area contributed by atoms with E-state index in [4.69, 9.17) is 11.6 Å². The molecule has 0 spiro atoms. The Hall–Kier alpha value is -1.47. The molecule has 2 rings (SSSR count). The van der Waals surface area contributed by atoms with Crippen molar-refractivity contribution in [3.8, 4) is 0 Å². The van der Waals surface area contributed by atoms with Gasteiger partial charge in [0.05, 0.1) is 12.1 Å². The molecule has 0 saturated carbocycles. The van der Waals surface area contributed by atoms with E-state index in [0.29, 0.717) is 13.1 Å². The molecule has 0 bridgehead atoms. The molecule has 1 aromatic carbocycles. The zero-order valence-electron chi connectivity index (χ0n) is 12.8. The molecule has 1 N–H and O–H groups in total. The lowest BCUT2D eigenvalue weighted by Crippen LogP contribution is -2.49. The molecular formula is C15H19ClF3N3O. The predicted molar refractivity (Wildman–Crippen MR) is 83.6 cm³/mol. The maximum absolute atomic E-state index is 13.0. The van der Waals surface area contributed by atoms with Crippen molar-refractivity contribution in [1.82, 2.24) is 9.80 Å². The van der Waals surface area contributed by atoms with Gasteiger partial charge in [0.25, 0.3) is 0 Å². The number of carbonyl (C=O) groups is 1. The van der Waals surface area contributed by atoms with Gasteiger partial charge in [-0.1, -0.05) is 18.5 Å². The van der Waals surface area contributed by atoms with E-state index in [9.17, 15) is 18.0 Å². The number of benzene rings is 1. The first-order valence-electron chi connectivity index (χ1n) is 7.42. The number of anilines is 1. The smallest absolute Gasteiger partial charge is 0.376 e. The summed E-state index contributed by atoms with van der Waals surface area (Å²) >= 11 is 5.63. The Kier molecular flexibility index (Phi) is 5.75. The van der Waals surface area contributed by atoms with Crippen LogP contribution in [0.15, 0.2) is 18.2 Å². The van der Waals surface area contributed by atoms with Crippen molar-refractivity contribution >= 4 is 23.2 Å². The Morgan fingerprint density at radius 3 is 2.48 bits per heavy atom. The Bertz CT molecular complexity index is 557. The molecule has 1 saturated heterocycles. The van der Waals surface area contributed by atoms with E-state index >= 15 is 0 Å². The topological polar surface area (TPSA) is 35.6 Å². The number of halogens is 4. The van der Waals surface area contributed by atoms with E-state index in [2.05, 4.69) is 17.1 Å². The van der Waals surface area contributed by atoms with Crippen LogP contribution in [0, 0.1) is 0 Å². The number of hydrogen-bond donors (Lipinski definition) is 1. The third kappa shape index (κ3) is 4.75. The number of nitrogens with one attached hydrogen (secondary N) is 1. The van der Waals surface area contributed by atoms with E-state index in [-0.39, 0.29) is 23.2 Å². The summed E-state index contributed by atoms with van der Waals surface area (Å²) < 4.78 is 39.0. The van der Waals surface area contributed by atoms with Crippen LogP contribution in [0.1, 0.15) is 12.5 Å². The number of likely N-dealkylation sites (N-methyl/N-ethyl adjacent to an activating group) is 1. The Labute approximate surface area is 138 Å². The molecule has 8 heteroatoms. The van der Waals surface area contributed by atoms with Crippen molar-refractivity contribution < 1.29 is 18.0 Å². The summed E-state index contributed by atoms with van der Waals surface area (Å²) in [5, 5.41) is 2.59. The Balaban J connectivity index is 1.97. The van der Waals surface area contributed by atoms with Gasteiger partial charge in [-0.25, -0.2) is 0 Å². The highest BCUT2D eigenvalue weighted by Crippen LogP contribution is 2.36. The van der Waals surface area contributed by atoms with Crippen LogP contribution in [-0.2, 0) is 11.0 Å². The SMILES string of the molecule is CCN1CCN(C(=O)CNc2ccc(Cl)cc2C(F)(F)F)CC1. The summed E-state index contributed by atoms with van der Waals surface area (Å²) in [4.78, 5) is 16.0. The average Bonchev–Trinajstić information content (AvgIpc) is 2.52. The monoisotopic (exact) mass is 349 g/mol. The fourth-order valence-electron chi connectivity index (χ4n) is 2.50. The standard InChI is InChI=1S/C15H19ClF3N3O/c1-2-21-5-7-22(8-6-21)14(23)10-20-13-4-3-11(16)9-12(13)15(17,18)19/h3-4,9,20H,2,5-8,10H2,1H3. The number of carbonyl (C=O) groups excluding carboxylic acids is 1. The highest BCUT2D eigenvalue weighted by molar-refractivity contribution is 6.30. The van der Waals surface area contributed by atoms with Gasteiger partial charge in [-0.05, 0) is 24.7 Å². The molecule has 23 heavy (non-hydrogen) atoms. The van der Waals surface area contributed by atoms with E-state index in [1.54, 1.807) is 4.90 Å². The maximum atomic E-state index is 13.0. The molecule has 1 aliphatic rings. The Morgan fingerprint density at radius 2 is 1.91 bits per heavy atom. The van der Waals surface area contributed by atoms with Crippen LogP contribution in [0.4, 0.5) is 18.9 Å². The number of piperazine rings is 1. The van der Waals surface area contributed by atoms with Crippen LogP contribution in [0.2, 0.25) is 5.02 Å². The molecular weight excluding hydrogens is 331 g/mol. The third-order valence-corrected chi connectivity index (χ3v) is 4.12. The van der Waals surface area contributed by atoms with Crippen molar-refractivity contribution in [3.05, 3.63) is 28.8 Å². The number of alkyl halides is 3. The summed E-state index contributed by atoms with van der Waals surface area (Å²) in [5.74, 6) is -0.205. The van der Waals surface area contributed by atoms with Crippen LogP contribution in [-0.4, -0.2) is 55.0 Å². The Morgan fingerprint density at radius 1 is 1.26 bits per heavy atom. The van der Waals surface area contributed by atoms with Gasteiger partial charge in [0, 0.05) is 36.9 Å².